The van der Waals surface area contributed by atoms with Gasteiger partial charge in [0.05, 0.1) is 0 Å². The van der Waals surface area contributed by atoms with Crippen LogP contribution in [0.2, 0.25) is 0 Å². The molecule has 2 rings (SSSR count). The Morgan fingerprint density at radius 2 is 2.09 bits per heavy atom. The Balaban J connectivity index is 2.21. The monoisotopic (exact) mass is 302 g/mol. The van der Waals surface area contributed by atoms with Gasteiger partial charge in [-0.15, -0.1) is 0 Å². The number of rotatable bonds is 5. The van der Waals surface area contributed by atoms with E-state index < -0.39 is 11.2 Å². The van der Waals surface area contributed by atoms with E-state index in [1.807, 2.05) is 25.3 Å². The number of nitriles is 1. The van der Waals surface area contributed by atoms with E-state index in [0.717, 1.165) is 4.57 Å². The molecule has 22 heavy (non-hydrogen) atoms. The summed E-state index contributed by atoms with van der Waals surface area (Å²) >= 11 is 0. The molecule has 0 aliphatic carbocycles. The van der Waals surface area contributed by atoms with E-state index in [4.69, 9.17) is 0 Å². The van der Waals surface area contributed by atoms with Crippen molar-refractivity contribution >= 4 is 5.82 Å². The van der Waals surface area contributed by atoms with Gasteiger partial charge in [0.1, 0.15) is 11.9 Å². The maximum Gasteiger partial charge on any atom is 0.332 e. The molecule has 0 radical (unpaired) electrons. The average Bonchev–Trinajstić information content (AvgIpc) is 3.00. The van der Waals surface area contributed by atoms with Crippen LogP contribution < -0.4 is 16.6 Å². The molecule has 2 heterocycles. The van der Waals surface area contributed by atoms with Crippen molar-refractivity contribution in [3.8, 4) is 6.07 Å². The maximum absolute atomic E-state index is 12.0. The van der Waals surface area contributed by atoms with E-state index in [1.165, 1.54) is 18.7 Å². The molecule has 0 aliphatic heterocycles. The van der Waals surface area contributed by atoms with Gasteiger partial charge in [-0.25, -0.2) is 4.79 Å². The molecule has 0 unspecified atom stereocenters. The van der Waals surface area contributed by atoms with Crippen molar-refractivity contribution in [3.05, 3.63) is 44.9 Å². The number of anilines is 1. The zero-order valence-electron chi connectivity index (χ0n) is 12.8. The maximum atomic E-state index is 12.0. The van der Waals surface area contributed by atoms with Crippen LogP contribution in [0.15, 0.2) is 28.0 Å². The minimum Gasteiger partial charge on any atom is -0.370 e. The van der Waals surface area contributed by atoms with E-state index in [9.17, 15) is 14.9 Å². The Kier molecular flexibility index (Phi) is 4.46. The van der Waals surface area contributed by atoms with Crippen LogP contribution in [0.3, 0.4) is 0 Å². The second kappa shape index (κ2) is 6.30. The lowest BCUT2D eigenvalue weighted by Gasteiger charge is -2.17. The normalized spacial score (nSPS) is 11.9. The molecule has 8 heteroatoms. The third-order valence-electron chi connectivity index (χ3n) is 3.45. The first-order chi connectivity index (χ1) is 10.5. The molecule has 0 bridgehead atoms. The predicted octanol–water partition coefficient (Wildman–Crippen LogP) is -0.0996. The Morgan fingerprint density at radius 1 is 1.36 bits per heavy atom. The van der Waals surface area contributed by atoms with E-state index in [0.29, 0.717) is 13.1 Å². The van der Waals surface area contributed by atoms with Crippen LogP contribution in [0.4, 0.5) is 5.82 Å². The highest BCUT2D eigenvalue weighted by atomic mass is 16.2. The lowest BCUT2D eigenvalue weighted by molar-refractivity contribution is 0.466. The summed E-state index contributed by atoms with van der Waals surface area (Å²) in [6.07, 6.45) is 3.57. The van der Waals surface area contributed by atoms with Crippen LogP contribution in [0.1, 0.15) is 12.5 Å². The molecule has 0 saturated heterocycles. The molecular weight excluding hydrogens is 284 g/mol. The topological polar surface area (TPSA) is 97.6 Å². The Labute approximate surface area is 127 Å². The van der Waals surface area contributed by atoms with E-state index >= 15 is 0 Å². The van der Waals surface area contributed by atoms with Crippen molar-refractivity contribution < 1.29 is 0 Å². The van der Waals surface area contributed by atoms with Crippen LogP contribution in [-0.4, -0.2) is 25.5 Å². The summed E-state index contributed by atoms with van der Waals surface area (Å²) in [6, 6.07) is 3.71. The number of aromatic nitrogens is 4. The number of nitrogens with one attached hydrogen (secondary N) is 1. The molecular formula is C14H18N6O2. The van der Waals surface area contributed by atoms with Crippen molar-refractivity contribution in [3.63, 3.8) is 0 Å². The Hall–Kier alpha value is -2.82. The van der Waals surface area contributed by atoms with Gasteiger partial charge in [-0.1, -0.05) is 6.92 Å². The molecule has 0 saturated carbocycles. The SMILES string of the molecule is C[C@@H](CNc1c(C#N)c(=O)n(C)c(=O)n1C)Cn1cccn1. The first-order valence-electron chi connectivity index (χ1n) is 6.87. The quantitative estimate of drug-likeness (QED) is 0.832. The largest absolute Gasteiger partial charge is 0.370 e. The summed E-state index contributed by atoms with van der Waals surface area (Å²) in [5.74, 6) is 0.452. The van der Waals surface area contributed by atoms with E-state index in [-0.39, 0.29) is 17.3 Å². The molecule has 0 aromatic carbocycles. The third kappa shape index (κ3) is 2.93. The lowest BCUT2D eigenvalue weighted by Crippen LogP contribution is -2.40. The fourth-order valence-corrected chi connectivity index (χ4v) is 2.22. The molecule has 0 spiro atoms. The van der Waals surface area contributed by atoms with Crippen LogP contribution in [0, 0.1) is 17.2 Å². The second-order valence-electron chi connectivity index (χ2n) is 5.26. The fraction of sp³-hybridized carbons (Fsp3) is 0.429. The molecule has 1 N–H and O–H groups in total. The van der Waals surface area contributed by atoms with Crippen LogP contribution in [0.5, 0.6) is 0 Å². The molecule has 2 aromatic heterocycles. The highest BCUT2D eigenvalue weighted by Crippen LogP contribution is 2.09. The van der Waals surface area contributed by atoms with Gasteiger partial charge >= 0.3 is 5.69 Å². The highest BCUT2D eigenvalue weighted by molar-refractivity contribution is 5.51. The van der Waals surface area contributed by atoms with Gasteiger partial charge < -0.3 is 5.32 Å². The molecule has 1 atom stereocenters. The van der Waals surface area contributed by atoms with E-state index in [2.05, 4.69) is 10.4 Å². The van der Waals surface area contributed by atoms with Crippen molar-refractivity contribution in [2.24, 2.45) is 20.0 Å². The van der Waals surface area contributed by atoms with Crippen molar-refractivity contribution in [1.29, 1.82) is 5.26 Å². The first-order valence-corrected chi connectivity index (χ1v) is 6.87. The van der Waals surface area contributed by atoms with Crippen molar-refractivity contribution in [1.82, 2.24) is 18.9 Å². The summed E-state index contributed by atoms with van der Waals surface area (Å²) in [7, 11) is 2.89. The van der Waals surface area contributed by atoms with Crippen molar-refractivity contribution in [2.75, 3.05) is 11.9 Å². The second-order valence-corrected chi connectivity index (χ2v) is 5.26. The molecule has 8 nitrogen and oxygen atoms in total. The van der Waals surface area contributed by atoms with Gasteiger partial charge in [-0.3, -0.25) is 18.6 Å². The van der Waals surface area contributed by atoms with Crippen LogP contribution in [0.25, 0.3) is 0 Å². The van der Waals surface area contributed by atoms with Gasteiger partial charge in [-0.2, -0.15) is 10.4 Å². The summed E-state index contributed by atoms with van der Waals surface area (Å²) < 4.78 is 4.01. The summed E-state index contributed by atoms with van der Waals surface area (Å²) in [5, 5.41) is 16.3. The average molecular weight is 302 g/mol. The molecule has 0 amide bonds. The van der Waals surface area contributed by atoms with Gasteiger partial charge in [0.25, 0.3) is 5.56 Å². The number of nitrogens with zero attached hydrogens (tertiary/aromatic N) is 5. The predicted molar refractivity (Wildman–Crippen MR) is 81.5 cm³/mol. The summed E-state index contributed by atoms with van der Waals surface area (Å²) in [5.41, 5.74) is -1.12. The highest BCUT2D eigenvalue weighted by Gasteiger charge is 2.15. The van der Waals surface area contributed by atoms with Crippen LogP contribution >= 0.6 is 0 Å². The minimum atomic E-state index is -0.590. The van der Waals surface area contributed by atoms with Crippen LogP contribution in [-0.2, 0) is 20.6 Å². The Bertz CT molecular complexity index is 810. The molecule has 116 valence electrons. The summed E-state index contributed by atoms with van der Waals surface area (Å²) in [4.78, 5) is 23.9. The molecule has 0 aliphatic rings. The number of hydrogen-bond acceptors (Lipinski definition) is 5. The zero-order valence-corrected chi connectivity index (χ0v) is 12.8. The van der Waals surface area contributed by atoms with Gasteiger partial charge in [0, 0.05) is 39.6 Å². The molecule has 0 fully saturated rings. The standard InChI is InChI=1S/C14H18N6O2/c1-10(9-20-6-4-5-17-20)8-16-12-11(7-15)13(21)19(3)14(22)18(12)2/h4-6,10,16H,8-9H2,1-3H3/t10-/m0/s1. The fourth-order valence-electron chi connectivity index (χ4n) is 2.22. The van der Waals surface area contributed by atoms with Gasteiger partial charge in [0.2, 0.25) is 0 Å². The minimum absolute atomic E-state index is 0.0594. The lowest BCUT2D eigenvalue weighted by atomic mass is 10.2. The first kappa shape index (κ1) is 15.6. The number of hydrogen-bond donors (Lipinski definition) is 1. The summed E-state index contributed by atoms with van der Waals surface area (Å²) in [6.45, 7) is 3.22. The third-order valence-corrected chi connectivity index (χ3v) is 3.45. The van der Waals surface area contributed by atoms with E-state index in [1.54, 1.807) is 10.9 Å². The molecule has 2 aromatic rings. The van der Waals surface area contributed by atoms with Gasteiger partial charge in [-0.05, 0) is 12.0 Å². The Morgan fingerprint density at radius 3 is 2.68 bits per heavy atom. The van der Waals surface area contributed by atoms with Gasteiger partial charge in [0.15, 0.2) is 5.56 Å². The smallest absolute Gasteiger partial charge is 0.332 e. The zero-order chi connectivity index (χ0) is 16.3. The van der Waals surface area contributed by atoms with Crippen molar-refractivity contribution in [2.45, 2.75) is 13.5 Å².